The van der Waals surface area contributed by atoms with Crippen LogP contribution in [0.3, 0.4) is 0 Å². The molecule has 1 aromatic rings. The fourth-order valence-electron chi connectivity index (χ4n) is 0.996. The Labute approximate surface area is 109 Å². The summed E-state index contributed by atoms with van der Waals surface area (Å²) in [6.07, 6.45) is 1.28. The predicted molar refractivity (Wildman–Crippen MR) is 65.3 cm³/mol. The van der Waals surface area contributed by atoms with Crippen molar-refractivity contribution in [2.24, 2.45) is 0 Å². The fourth-order valence-corrected chi connectivity index (χ4v) is 1.34. The Kier molecular flexibility index (Phi) is 4.72. The second kappa shape index (κ2) is 5.84. The molecule has 0 radical (unpaired) electrons. The molecule has 0 fully saturated rings. The maximum absolute atomic E-state index is 11.7. The number of aromatic nitrogens is 1. The highest BCUT2D eigenvalue weighted by molar-refractivity contribution is 6.35. The lowest BCUT2D eigenvalue weighted by Crippen LogP contribution is -2.36. The van der Waals surface area contributed by atoms with Gasteiger partial charge in [-0.2, -0.15) is 0 Å². The van der Waals surface area contributed by atoms with Gasteiger partial charge in [-0.25, -0.2) is 4.98 Å². The van der Waals surface area contributed by atoms with Crippen LogP contribution < -0.4 is 5.32 Å². The first kappa shape index (κ1) is 13.7. The Morgan fingerprint density at radius 2 is 2.06 bits per heavy atom. The summed E-state index contributed by atoms with van der Waals surface area (Å²) in [4.78, 5) is 28.1. The molecule has 7 heteroatoms. The first-order valence-corrected chi connectivity index (χ1v) is 5.47. The average molecular weight is 276 g/mol. The lowest BCUT2D eigenvalue weighted by Gasteiger charge is -2.11. The third kappa shape index (κ3) is 3.87. The van der Waals surface area contributed by atoms with Crippen LogP contribution in [0.15, 0.2) is 12.3 Å². The van der Waals surface area contributed by atoms with Crippen LogP contribution in [0.25, 0.3) is 0 Å². The molecule has 0 aliphatic carbocycles. The van der Waals surface area contributed by atoms with Crippen molar-refractivity contribution in [1.82, 2.24) is 15.2 Å². The molecular weight excluding hydrogens is 265 g/mol. The number of nitrogens with one attached hydrogen (secondary N) is 1. The summed E-state index contributed by atoms with van der Waals surface area (Å²) in [6.45, 7) is -0.0951. The highest BCUT2D eigenvalue weighted by atomic mass is 35.5. The van der Waals surface area contributed by atoms with Crippen LogP contribution in [0.5, 0.6) is 0 Å². The molecule has 0 aliphatic rings. The summed E-state index contributed by atoms with van der Waals surface area (Å²) >= 11 is 11.4. The molecule has 0 unspecified atom stereocenters. The molecule has 0 atom stereocenters. The van der Waals surface area contributed by atoms with Crippen LogP contribution in [0.4, 0.5) is 0 Å². The van der Waals surface area contributed by atoms with E-state index in [2.05, 4.69) is 10.3 Å². The Hall–Kier alpha value is -1.33. The molecule has 0 bridgehead atoms. The molecule has 1 aromatic heterocycles. The summed E-state index contributed by atoms with van der Waals surface area (Å²) in [7, 11) is 3.20. The minimum absolute atomic E-state index is 0.0951. The predicted octanol–water partition coefficient (Wildman–Crippen LogP) is 1.21. The Morgan fingerprint density at radius 3 is 2.65 bits per heavy atom. The van der Waals surface area contributed by atoms with Gasteiger partial charge < -0.3 is 10.2 Å². The number of rotatable bonds is 3. The van der Waals surface area contributed by atoms with Gasteiger partial charge in [0.15, 0.2) is 0 Å². The SMILES string of the molecule is CN(C)C(=O)CNC(=O)c1cc(Cl)ncc1Cl. The molecule has 5 nitrogen and oxygen atoms in total. The summed E-state index contributed by atoms with van der Waals surface area (Å²) in [5.41, 5.74) is 0.193. The van der Waals surface area contributed by atoms with Crippen LogP contribution in [0.2, 0.25) is 10.2 Å². The monoisotopic (exact) mass is 275 g/mol. The highest BCUT2D eigenvalue weighted by Crippen LogP contribution is 2.17. The number of halogens is 2. The number of likely N-dealkylation sites (N-methyl/N-ethyl adjacent to an activating group) is 1. The summed E-state index contributed by atoms with van der Waals surface area (Å²) in [6, 6.07) is 1.35. The topological polar surface area (TPSA) is 62.3 Å². The van der Waals surface area contributed by atoms with E-state index >= 15 is 0 Å². The molecule has 2 amide bonds. The molecule has 0 aromatic carbocycles. The maximum Gasteiger partial charge on any atom is 0.253 e. The molecule has 17 heavy (non-hydrogen) atoms. The number of carbonyl (C=O) groups excluding carboxylic acids is 2. The molecule has 1 N–H and O–H groups in total. The van der Waals surface area contributed by atoms with Gasteiger partial charge in [0.05, 0.1) is 17.1 Å². The molecule has 92 valence electrons. The van der Waals surface area contributed by atoms with Crippen molar-refractivity contribution in [3.63, 3.8) is 0 Å². The van der Waals surface area contributed by atoms with Crippen molar-refractivity contribution in [3.8, 4) is 0 Å². The van der Waals surface area contributed by atoms with Gasteiger partial charge in [0.2, 0.25) is 5.91 Å². The number of amides is 2. The van der Waals surface area contributed by atoms with Crippen LogP contribution >= 0.6 is 23.2 Å². The van der Waals surface area contributed by atoms with E-state index in [1.54, 1.807) is 14.1 Å². The van der Waals surface area contributed by atoms with Gasteiger partial charge in [-0.15, -0.1) is 0 Å². The van der Waals surface area contributed by atoms with Crippen LogP contribution in [0.1, 0.15) is 10.4 Å². The van der Waals surface area contributed by atoms with Gasteiger partial charge in [0.1, 0.15) is 5.15 Å². The number of carbonyl (C=O) groups is 2. The van der Waals surface area contributed by atoms with Crippen LogP contribution in [0, 0.1) is 0 Å². The van der Waals surface area contributed by atoms with Gasteiger partial charge in [-0.3, -0.25) is 9.59 Å². The van der Waals surface area contributed by atoms with Crippen molar-refractivity contribution in [2.45, 2.75) is 0 Å². The largest absolute Gasteiger partial charge is 0.347 e. The Balaban J connectivity index is 2.70. The third-order valence-corrected chi connectivity index (χ3v) is 2.47. The summed E-state index contributed by atoms with van der Waals surface area (Å²) < 4.78 is 0. The zero-order chi connectivity index (χ0) is 13.0. The first-order valence-electron chi connectivity index (χ1n) is 4.71. The first-order chi connectivity index (χ1) is 7.91. The van der Waals surface area contributed by atoms with E-state index in [0.717, 1.165) is 0 Å². The van der Waals surface area contributed by atoms with Crippen molar-refractivity contribution in [1.29, 1.82) is 0 Å². The van der Waals surface area contributed by atoms with Gasteiger partial charge in [-0.05, 0) is 6.07 Å². The fraction of sp³-hybridized carbons (Fsp3) is 0.300. The zero-order valence-electron chi connectivity index (χ0n) is 9.33. The summed E-state index contributed by atoms with van der Waals surface area (Å²) in [5, 5.41) is 2.80. The number of hydrogen-bond acceptors (Lipinski definition) is 3. The van der Waals surface area contributed by atoms with E-state index in [-0.39, 0.29) is 28.2 Å². The molecule has 0 aliphatic heterocycles. The van der Waals surface area contributed by atoms with Gasteiger partial charge in [-0.1, -0.05) is 23.2 Å². The van der Waals surface area contributed by atoms with E-state index in [1.165, 1.54) is 17.2 Å². The van der Waals surface area contributed by atoms with E-state index in [0.29, 0.717) is 0 Å². The minimum atomic E-state index is -0.463. The van der Waals surface area contributed by atoms with Crippen molar-refractivity contribution in [3.05, 3.63) is 28.0 Å². The van der Waals surface area contributed by atoms with E-state index < -0.39 is 5.91 Å². The quantitative estimate of drug-likeness (QED) is 0.844. The van der Waals surface area contributed by atoms with E-state index in [9.17, 15) is 9.59 Å². The second-order valence-electron chi connectivity index (χ2n) is 3.46. The Bertz CT molecular complexity index is 449. The average Bonchev–Trinajstić information content (AvgIpc) is 2.28. The lowest BCUT2D eigenvalue weighted by atomic mass is 10.2. The third-order valence-electron chi connectivity index (χ3n) is 1.97. The van der Waals surface area contributed by atoms with Crippen molar-refractivity contribution >= 4 is 35.0 Å². The Morgan fingerprint density at radius 1 is 1.41 bits per heavy atom. The minimum Gasteiger partial charge on any atom is -0.347 e. The standard InChI is InChI=1S/C10H11Cl2N3O2/c1-15(2)9(16)5-14-10(17)6-3-8(12)13-4-7(6)11/h3-4H,5H2,1-2H3,(H,14,17). The number of pyridine rings is 1. The summed E-state index contributed by atoms with van der Waals surface area (Å²) in [5.74, 6) is -0.677. The molecule has 1 heterocycles. The number of nitrogens with zero attached hydrogens (tertiary/aromatic N) is 2. The van der Waals surface area contributed by atoms with Crippen LogP contribution in [-0.4, -0.2) is 42.3 Å². The normalized spacial score (nSPS) is 9.88. The number of hydrogen-bond donors (Lipinski definition) is 1. The van der Waals surface area contributed by atoms with E-state index in [4.69, 9.17) is 23.2 Å². The zero-order valence-corrected chi connectivity index (χ0v) is 10.8. The molecule has 0 spiro atoms. The second-order valence-corrected chi connectivity index (χ2v) is 4.25. The van der Waals surface area contributed by atoms with Gasteiger partial charge >= 0.3 is 0 Å². The van der Waals surface area contributed by atoms with Crippen molar-refractivity contribution in [2.75, 3.05) is 20.6 Å². The smallest absolute Gasteiger partial charge is 0.253 e. The highest BCUT2D eigenvalue weighted by Gasteiger charge is 2.13. The van der Waals surface area contributed by atoms with Gasteiger partial charge in [0.25, 0.3) is 5.91 Å². The van der Waals surface area contributed by atoms with E-state index in [1.807, 2.05) is 0 Å². The molecular formula is C10H11Cl2N3O2. The molecule has 0 saturated heterocycles. The van der Waals surface area contributed by atoms with Gasteiger partial charge in [0, 0.05) is 20.3 Å². The molecule has 0 saturated carbocycles. The maximum atomic E-state index is 11.7. The van der Waals surface area contributed by atoms with Crippen molar-refractivity contribution < 1.29 is 9.59 Å². The lowest BCUT2D eigenvalue weighted by molar-refractivity contribution is -0.127. The van der Waals surface area contributed by atoms with Crippen LogP contribution in [-0.2, 0) is 4.79 Å². The molecule has 1 rings (SSSR count).